The summed E-state index contributed by atoms with van der Waals surface area (Å²) in [6.45, 7) is 2.47. The molecular weight excluding hydrogens is 356 g/mol. The number of hydrogen-bond acceptors (Lipinski definition) is 5. The first-order valence-electron chi connectivity index (χ1n) is 9.25. The van der Waals surface area contributed by atoms with Gasteiger partial charge in [0.1, 0.15) is 11.5 Å². The van der Waals surface area contributed by atoms with Crippen molar-refractivity contribution in [2.24, 2.45) is 0 Å². The number of aromatic nitrogens is 1. The van der Waals surface area contributed by atoms with Crippen molar-refractivity contribution >= 4 is 16.7 Å². The Balaban J connectivity index is 1.49. The molecule has 3 aromatic rings. The van der Waals surface area contributed by atoms with Crippen molar-refractivity contribution in [3.63, 3.8) is 0 Å². The van der Waals surface area contributed by atoms with Crippen molar-refractivity contribution in [1.29, 1.82) is 0 Å². The zero-order valence-electron chi connectivity index (χ0n) is 15.8. The molecule has 144 valence electrons. The third-order valence-electron chi connectivity index (χ3n) is 4.85. The number of methoxy groups -OCH3 is 1. The van der Waals surface area contributed by atoms with Crippen LogP contribution in [0.3, 0.4) is 0 Å². The summed E-state index contributed by atoms with van der Waals surface area (Å²) in [4.78, 5) is 18.2. The fourth-order valence-electron chi connectivity index (χ4n) is 3.31. The highest BCUT2D eigenvalue weighted by atomic mass is 16.5. The predicted octanol–water partition coefficient (Wildman–Crippen LogP) is 3.15. The molecule has 1 aliphatic rings. The normalized spacial score (nSPS) is 14.1. The maximum atomic E-state index is 12.2. The Labute approximate surface area is 163 Å². The van der Waals surface area contributed by atoms with E-state index in [9.17, 15) is 4.79 Å². The maximum Gasteiger partial charge on any atom is 0.260 e. The van der Waals surface area contributed by atoms with Gasteiger partial charge in [-0.05, 0) is 40.6 Å². The standard InChI is InChI=1S/C22H22N2O4/c1-26-21-6-7-23-14-20(21)18-3-2-17-13-19(5-4-16(17)12-18)28-15-22(25)24-8-10-27-11-9-24/h2-7,12-14H,8-11,15H2,1H3. The molecule has 0 aliphatic carbocycles. The largest absolute Gasteiger partial charge is 0.496 e. The van der Waals surface area contributed by atoms with Crippen molar-refractivity contribution in [1.82, 2.24) is 9.88 Å². The van der Waals surface area contributed by atoms with Crippen LogP contribution in [0.2, 0.25) is 0 Å². The van der Waals surface area contributed by atoms with Gasteiger partial charge >= 0.3 is 0 Å². The smallest absolute Gasteiger partial charge is 0.260 e. The van der Waals surface area contributed by atoms with Crippen LogP contribution in [0.5, 0.6) is 11.5 Å². The minimum atomic E-state index is -0.0117. The van der Waals surface area contributed by atoms with Gasteiger partial charge in [-0.2, -0.15) is 0 Å². The first-order valence-corrected chi connectivity index (χ1v) is 9.25. The number of hydrogen-bond donors (Lipinski definition) is 0. The summed E-state index contributed by atoms with van der Waals surface area (Å²) in [5.74, 6) is 1.46. The monoisotopic (exact) mass is 378 g/mol. The lowest BCUT2D eigenvalue weighted by atomic mass is 10.0. The van der Waals surface area contributed by atoms with E-state index in [0.717, 1.165) is 27.6 Å². The molecule has 1 saturated heterocycles. The molecule has 0 atom stereocenters. The lowest BCUT2D eigenvalue weighted by Gasteiger charge is -2.26. The van der Waals surface area contributed by atoms with E-state index in [4.69, 9.17) is 14.2 Å². The van der Waals surface area contributed by atoms with Crippen molar-refractivity contribution in [3.8, 4) is 22.6 Å². The molecule has 0 N–H and O–H groups in total. The molecule has 1 aromatic heterocycles. The zero-order chi connectivity index (χ0) is 19.3. The number of nitrogens with zero attached hydrogens (tertiary/aromatic N) is 2. The average molecular weight is 378 g/mol. The van der Waals surface area contributed by atoms with Crippen LogP contribution in [-0.4, -0.2) is 55.8 Å². The van der Waals surface area contributed by atoms with Gasteiger partial charge in [-0.15, -0.1) is 0 Å². The number of benzene rings is 2. The second kappa shape index (κ2) is 8.27. The van der Waals surface area contributed by atoms with Gasteiger partial charge in [0.05, 0.1) is 20.3 Å². The highest BCUT2D eigenvalue weighted by molar-refractivity contribution is 5.89. The van der Waals surface area contributed by atoms with Gasteiger partial charge in [-0.25, -0.2) is 0 Å². The Hall–Kier alpha value is -3.12. The van der Waals surface area contributed by atoms with Gasteiger partial charge in [0.25, 0.3) is 5.91 Å². The number of ether oxygens (including phenoxy) is 3. The number of pyridine rings is 1. The summed E-state index contributed by atoms with van der Waals surface area (Å²) in [6.07, 6.45) is 3.51. The van der Waals surface area contributed by atoms with E-state index in [1.807, 2.05) is 36.4 Å². The van der Waals surface area contributed by atoms with Crippen LogP contribution in [0, 0.1) is 0 Å². The Morgan fingerprint density at radius 1 is 1.11 bits per heavy atom. The number of carbonyl (C=O) groups excluding carboxylic acids is 1. The molecule has 28 heavy (non-hydrogen) atoms. The first kappa shape index (κ1) is 18.3. The van der Waals surface area contributed by atoms with Gasteiger partial charge in [0.2, 0.25) is 0 Å². The summed E-state index contributed by atoms with van der Waals surface area (Å²) in [6, 6.07) is 13.8. The Morgan fingerprint density at radius 2 is 1.89 bits per heavy atom. The van der Waals surface area contributed by atoms with E-state index in [1.165, 1.54) is 0 Å². The minimum absolute atomic E-state index is 0.0117. The fraction of sp³-hybridized carbons (Fsp3) is 0.273. The van der Waals surface area contributed by atoms with Crippen molar-refractivity contribution in [3.05, 3.63) is 54.9 Å². The van der Waals surface area contributed by atoms with Crippen LogP contribution in [0.1, 0.15) is 0 Å². The van der Waals surface area contributed by atoms with Crippen LogP contribution < -0.4 is 9.47 Å². The van der Waals surface area contributed by atoms with Crippen LogP contribution in [0.15, 0.2) is 54.9 Å². The number of rotatable bonds is 5. The SMILES string of the molecule is COc1ccncc1-c1ccc2cc(OCC(=O)N3CCOCC3)ccc2c1. The lowest BCUT2D eigenvalue weighted by molar-refractivity contribution is -0.137. The molecule has 0 radical (unpaired) electrons. The highest BCUT2D eigenvalue weighted by Crippen LogP contribution is 2.32. The second-order valence-corrected chi connectivity index (χ2v) is 6.58. The molecule has 1 amide bonds. The van der Waals surface area contributed by atoms with Crippen LogP contribution in [-0.2, 0) is 9.53 Å². The van der Waals surface area contributed by atoms with Crippen molar-refractivity contribution in [2.45, 2.75) is 0 Å². The minimum Gasteiger partial charge on any atom is -0.496 e. The van der Waals surface area contributed by atoms with E-state index < -0.39 is 0 Å². The Kier molecular flexibility index (Phi) is 5.39. The highest BCUT2D eigenvalue weighted by Gasteiger charge is 2.17. The maximum absolute atomic E-state index is 12.2. The summed E-state index contributed by atoms with van der Waals surface area (Å²) < 4.78 is 16.4. The second-order valence-electron chi connectivity index (χ2n) is 6.58. The summed E-state index contributed by atoms with van der Waals surface area (Å²) in [5.41, 5.74) is 1.98. The molecule has 1 aliphatic heterocycles. The molecule has 0 spiro atoms. The van der Waals surface area contributed by atoms with E-state index in [1.54, 1.807) is 24.4 Å². The van der Waals surface area contributed by atoms with Gasteiger partial charge < -0.3 is 19.1 Å². The third kappa shape index (κ3) is 3.92. The molecule has 4 rings (SSSR count). The fourth-order valence-corrected chi connectivity index (χ4v) is 3.31. The quantitative estimate of drug-likeness (QED) is 0.683. The first-order chi connectivity index (χ1) is 13.7. The molecule has 2 aromatic carbocycles. The molecule has 6 nitrogen and oxygen atoms in total. The molecule has 0 saturated carbocycles. The third-order valence-corrected chi connectivity index (χ3v) is 4.85. The molecule has 0 unspecified atom stereocenters. The topological polar surface area (TPSA) is 60.9 Å². The molecule has 2 heterocycles. The predicted molar refractivity (Wildman–Crippen MR) is 107 cm³/mol. The lowest BCUT2D eigenvalue weighted by Crippen LogP contribution is -2.42. The Bertz CT molecular complexity index is 983. The van der Waals surface area contributed by atoms with Crippen molar-refractivity contribution < 1.29 is 19.0 Å². The van der Waals surface area contributed by atoms with Gasteiger partial charge in [0.15, 0.2) is 6.61 Å². The van der Waals surface area contributed by atoms with Gasteiger partial charge in [-0.1, -0.05) is 18.2 Å². The van der Waals surface area contributed by atoms with E-state index in [2.05, 4.69) is 11.1 Å². The molecular formula is C22H22N2O4. The molecule has 6 heteroatoms. The Morgan fingerprint density at radius 3 is 2.71 bits per heavy atom. The summed E-state index contributed by atoms with van der Waals surface area (Å²) in [7, 11) is 1.65. The number of fused-ring (bicyclic) bond motifs is 1. The van der Waals surface area contributed by atoms with Gasteiger partial charge in [0, 0.05) is 31.0 Å². The molecule has 0 bridgehead atoms. The van der Waals surface area contributed by atoms with Crippen molar-refractivity contribution in [2.75, 3.05) is 40.0 Å². The van der Waals surface area contributed by atoms with E-state index in [-0.39, 0.29) is 12.5 Å². The average Bonchev–Trinajstić information content (AvgIpc) is 2.77. The number of morpholine rings is 1. The van der Waals surface area contributed by atoms with Crippen LogP contribution in [0.25, 0.3) is 21.9 Å². The van der Waals surface area contributed by atoms with Gasteiger partial charge in [-0.3, -0.25) is 9.78 Å². The number of amides is 1. The van der Waals surface area contributed by atoms with Crippen LogP contribution >= 0.6 is 0 Å². The van der Waals surface area contributed by atoms with Crippen LogP contribution in [0.4, 0.5) is 0 Å². The number of carbonyl (C=O) groups is 1. The zero-order valence-corrected chi connectivity index (χ0v) is 15.8. The van der Waals surface area contributed by atoms with E-state index in [0.29, 0.717) is 32.1 Å². The van der Waals surface area contributed by atoms with E-state index >= 15 is 0 Å². The summed E-state index contributed by atoms with van der Waals surface area (Å²) in [5, 5.41) is 2.12. The summed E-state index contributed by atoms with van der Waals surface area (Å²) >= 11 is 0. The molecule has 1 fully saturated rings.